The predicted octanol–water partition coefficient (Wildman–Crippen LogP) is 18.6. The van der Waals surface area contributed by atoms with Gasteiger partial charge in [0, 0.05) is 61.4 Å². The summed E-state index contributed by atoms with van der Waals surface area (Å²) in [6.07, 6.45) is 31.1. The molecule has 14 rings (SSSR count). The van der Waals surface area contributed by atoms with E-state index >= 15 is 0 Å². The molecule has 5 aliphatic rings. The van der Waals surface area contributed by atoms with Gasteiger partial charge in [-0.25, -0.2) is 55.8 Å². The smallest absolute Gasteiger partial charge is 0.340 e. The predicted molar refractivity (Wildman–Crippen MR) is 539 cm³/mol. The van der Waals surface area contributed by atoms with Gasteiger partial charge in [0.1, 0.15) is 86.4 Å². The number of nitrogens with one attached hydrogen (secondary N) is 5. The lowest BCUT2D eigenvalue weighted by Gasteiger charge is -2.27. The number of nitrogens with two attached hydrogens (primary N) is 5. The highest BCUT2D eigenvalue weighted by molar-refractivity contribution is 6.97. The Balaban J connectivity index is -0.000000400. The molecule has 4 fully saturated rings. The second kappa shape index (κ2) is 62.3. The Kier molecular flexibility index (Phi) is 52.3. The van der Waals surface area contributed by atoms with Gasteiger partial charge in [0.05, 0.1) is 71.2 Å². The number of carbonyl (C=O) groups is 11. The van der Waals surface area contributed by atoms with Crippen LogP contribution in [-0.2, 0) is 40.1 Å². The number of carboxylic acids is 2. The number of ether oxygens (including phenoxy) is 2. The van der Waals surface area contributed by atoms with Crippen molar-refractivity contribution >= 4 is 206 Å². The van der Waals surface area contributed by atoms with Crippen molar-refractivity contribution < 1.29 is 114 Å². The zero-order valence-corrected chi connectivity index (χ0v) is 79.8. The molecular weight excluding hydrogens is 1980 g/mol. The first-order valence-corrected chi connectivity index (χ1v) is 43.7. The minimum Gasteiger partial charge on any atom is -0.494 e. The number of amides is 5. The SMILES string of the molecule is C.C.C#C.C#C.COc1ccc(-c2nn([C@@H](C)C(=O)Nc3cccc(F)c3C(=O)NC3CCC3)c3ncnc(N)c23)cc1F.COc1ccc(C2=NCc3ncnc(N)c32)cc1F.C[C@@H](Cl)C(=O)Cl.C[C@@H](Cl)C(=O)Cl.C[C@@H](Cl)C(=O)Nc1cccc(F)c1C(=O)NC1CCC1.C[C@@H](Cl)C(=O)O.NC1CCC1.Nc1cccc(F)c1C(=O)NC1CCC1.Nc1cccc(F)c1C(=O)O.O=C(Cl)C(=O)Cl.[2HH].[2HH].[2H][2H].[2H][2H].[2H][2H].[2H][2H]. The zero-order valence-electron chi connectivity index (χ0n) is 81.8. The third-order valence-corrected chi connectivity index (χ3v) is 21.3. The second-order valence-electron chi connectivity index (χ2n) is 28.8. The summed E-state index contributed by atoms with van der Waals surface area (Å²) in [5.74, 6) is -8.01. The molecule has 0 spiro atoms. The van der Waals surface area contributed by atoms with E-state index in [1.165, 1.54) is 157 Å². The van der Waals surface area contributed by atoms with Crippen LogP contribution in [0.15, 0.2) is 127 Å². The van der Waals surface area contributed by atoms with Gasteiger partial charge in [-0.2, -0.15) is 5.10 Å². The van der Waals surface area contributed by atoms with Crippen molar-refractivity contribution in [2.24, 2.45) is 10.7 Å². The van der Waals surface area contributed by atoms with Gasteiger partial charge in [0.25, 0.3) is 17.7 Å². The van der Waals surface area contributed by atoms with Gasteiger partial charge >= 0.3 is 22.4 Å². The maximum Gasteiger partial charge on any atom is 0.340 e. The Hall–Kier alpha value is -12.6. The van der Waals surface area contributed by atoms with E-state index in [1.54, 1.807) is 25.1 Å². The number of carbonyl (C=O) groups excluding carboxylic acids is 9. The standard InChI is InChI=1S/C26H25F2N7O3.C14H16ClFN2O2.C13H11FN4O.C11H13FN2O.C7H6FNO2.C4H9N.2C3H4Cl2O.C3H5ClO2.C2Cl2O2.2C2H2.2CH4.6H2/c1-13(25(36)33-18-8-4-7-16(27)20(18)26(37)32-15-5-3-6-15)35-24-21(23(29)30-12-31-24)22(34-35)14-9-10-19(38-2)17(28)11-14;1-8(15)13(19)18-11-7-3-6-10(16)12(11)14(20)17-9-4-2-5-9;1-19-10-3-2-7(4-8(10)14)12-11-9(5-16-12)17-6-18-13(11)15;12-8-5-2-6-9(13)10(8)11(15)14-7-3-1-4-7;8-4-2-1-3-5(9)6(4)7(10)11;5-4-2-1-3-4;3*1-2(4)3(5)6;3-1(5)2(4)6;2*1-2;;;;;;;;/h4,7-13,15H,3,5-6H2,1-2H3,(H,32,37)(H,33,36)(H2,29,30,31);3,6-9H,2,4-5H2,1H3,(H,17,20)(H,18,19);2-4,6H,5H2,1H3,(H2,15,17,18);2,5-7H,1,3-4,13H2,(H,14,15);1-3H,9H2,(H,10,11);4H,1-3,5H2;2*2H,1H3;2H,1H3,(H,5,6);;2*1-2H;2*1H4;6*1H/t13-;8-;;;;;3*2-;;;;;;;;;;;/m01....111.........../s1/i;;;;;;;;;;;;;;4*1+1D;2*1+1. The van der Waals surface area contributed by atoms with Crippen LogP contribution >= 0.6 is 92.8 Å². The highest BCUT2D eigenvalue weighted by atomic mass is 35.5. The van der Waals surface area contributed by atoms with E-state index in [2.05, 4.69) is 106 Å². The van der Waals surface area contributed by atoms with Crippen LogP contribution in [0.1, 0.15) is 206 Å². The summed E-state index contributed by atoms with van der Waals surface area (Å²) in [6.45, 7) is 7.96. The number of benzene rings is 6. The van der Waals surface area contributed by atoms with Crippen molar-refractivity contribution in [2.75, 3.05) is 47.8 Å². The number of hydrogen-bond donors (Lipinski definition) is 12. The van der Waals surface area contributed by atoms with Crippen molar-refractivity contribution in [3.8, 4) is 48.4 Å². The number of aromatic carboxylic acids is 1. The maximum absolute atomic E-state index is 14.7. The molecule has 4 heterocycles. The third-order valence-electron chi connectivity index (χ3n) is 19.2. The van der Waals surface area contributed by atoms with E-state index in [1.807, 2.05) is 0 Å². The van der Waals surface area contributed by atoms with Crippen LogP contribution < -0.4 is 64.7 Å². The molecule has 0 saturated heterocycles. The molecule has 0 unspecified atom stereocenters. The summed E-state index contributed by atoms with van der Waals surface area (Å²) < 4.78 is 134. The Bertz CT molecular complexity index is 5680. The van der Waals surface area contributed by atoms with Crippen molar-refractivity contribution in [1.82, 2.24) is 45.7 Å². The molecule has 5 atom stereocenters. The first kappa shape index (κ1) is 116. The molecule has 17 N–H and O–H groups in total. The molecule has 46 heteroatoms. The van der Waals surface area contributed by atoms with Gasteiger partial charge in [-0.3, -0.25) is 52.9 Å². The van der Waals surface area contributed by atoms with Crippen molar-refractivity contribution in [3.05, 3.63) is 196 Å². The van der Waals surface area contributed by atoms with Crippen LogP contribution in [0.2, 0.25) is 0 Å². The Morgan fingerprint density at radius 2 is 0.841 bits per heavy atom. The Morgan fingerprint density at radius 1 is 0.486 bits per heavy atom. The third kappa shape index (κ3) is 38.7. The minimum absolute atomic E-state index is 0. The number of fused-ring (bicyclic) bond motifs is 2. The van der Waals surface area contributed by atoms with Crippen LogP contribution in [-0.4, -0.2) is 168 Å². The number of aliphatic carboxylic acids is 1. The number of nitrogen functional groups attached to an aromatic ring is 4. The van der Waals surface area contributed by atoms with Gasteiger partial charge in [0.2, 0.25) is 22.3 Å². The minimum atomic E-state index is -1.35. The van der Waals surface area contributed by atoms with Crippen LogP contribution in [0.4, 0.5) is 60.7 Å². The number of anilines is 6. The van der Waals surface area contributed by atoms with Crippen molar-refractivity contribution in [2.45, 2.75) is 185 Å². The number of terminal acetylenes is 2. The quantitative estimate of drug-likeness (QED) is 0.00842. The average Bonchev–Trinajstić information content (AvgIpc) is 1.60. The number of aromatic nitrogens is 6. The summed E-state index contributed by atoms with van der Waals surface area (Å²) in [6, 6.07) is 25.0. The summed E-state index contributed by atoms with van der Waals surface area (Å²) >= 11 is 39.6. The molecule has 1 aliphatic heterocycles. The average molecular weight is 2110 g/mol. The Morgan fingerprint density at radius 3 is 1.17 bits per heavy atom. The summed E-state index contributed by atoms with van der Waals surface area (Å²) in [5, 5.41) is 28.6. The maximum atomic E-state index is 14.7. The number of carboxylic acid groups (broad SMARTS) is 2. The molecule has 32 nitrogen and oxygen atoms in total. The molecular formula is C92H117Cl8F6N17O15. The highest BCUT2D eigenvalue weighted by Gasteiger charge is 2.31. The van der Waals surface area contributed by atoms with Crippen molar-refractivity contribution in [1.29, 1.82) is 0 Å². The van der Waals surface area contributed by atoms with E-state index in [0.717, 1.165) is 75.6 Å². The topological polar surface area (TPSA) is 519 Å². The number of halogens is 14. The van der Waals surface area contributed by atoms with Gasteiger partial charge in [0.15, 0.2) is 28.8 Å². The van der Waals surface area contributed by atoms with Gasteiger partial charge in [-0.1, -0.05) is 45.5 Å². The fraction of sp³-hybridized carbons (Fsp3) is 0.337. The molecule has 4 saturated carbocycles. The number of aliphatic imine (C=N–C) groups is 1. The molecule has 138 heavy (non-hydrogen) atoms. The molecule has 6 aromatic carbocycles. The van der Waals surface area contributed by atoms with Crippen molar-refractivity contribution in [3.63, 3.8) is 0 Å². The van der Waals surface area contributed by atoms with E-state index in [4.69, 9.17) is 130 Å². The molecule has 758 valence electrons. The molecule has 3 aromatic heterocycles. The van der Waals surface area contributed by atoms with Crippen LogP contribution in [0.5, 0.6) is 11.5 Å². The lowest BCUT2D eigenvalue weighted by atomic mass is 9.93. The number of nitrogens with zero attached hydrogens (tertiary/aromatic N) is 7. The van der Waals surface area contributed by atoms with E-state index in [9.17, 15) is 79.1 Å². The van der Waals surface area contributed by atoms with Gasteiger partial charge < -0.3 is 74.9 Å². The second-order valence-corrected chi connectivity index (χ2v) is 32.9. The lowest BCUT2D eigenvalue weighted by Crippen LogP contribution is -2.40. The molecule has 9 aromatic rings. The monoisotopic (exact) mass is 2100 g/mol. The summed E-state index contributed by atoms with van der Waals surface area (Å²) in [4.78, 5) is 140. The Labute approximate surface area is 848 Å². The lowest BCUT2D eigenvalue weighted by molar-refractivity contribution is -0.136. The molecule has 5 amide bonds. The van der Waals surface area contributed by atoms with Crippen LogP contribution in [0.25, 0.3) is 22.3 Å². The highest BCUT2D eigenvalue weighted by Crippen LogP contribution is 2.36. The molecule has 0 radical (unpaired) electrons. The first-order valence-electron chi connectivity index (χ1n) is 44.5. The van der Waals surface area contributed by atoms with E-state index in [-0.39, 0.29) is 104 Å². The number of alkyl halides is 4. The fourth-order valence-electron chi connectivity index (χ4n) is 11.1. The summed E-state index contributed by atoms with van der Waals surface area (Å²) in [5.41, 5.74) is 31.1. The van der Waals surface area contributed by atoms with Crippen LogP contribution in [0, 0.1) is 60.6 Å². The number of rotatable bonds is 20. The zero-order chi connectivity index (χ0) is 111. The largest absolute Gasteiger partial charge is 0.494 e. The number of methoxy groups -OCH3 is 2. The number of hydrogen-bond acceptors (Lipinski definition) is 24. The molecule has 0 bridgehead atoms. The fourth-order valence-corrected chi connectivity index (χ4v) is 11.1. The van der Waals surface area contributed by atoms with Gasteiger partial charge in [-0.15, -0.1) is 72.1 Å². The van der Waals surface area contributed by atoms with E-state index < -0.39 is 130 Å². The molecule has 4 aliphatic carbocycles. The van der Waals surface area contributed by atoms with E-state index in [0.29, 0.717) is 46.2 Å². The van der Waals surface area contributed by atoms with Gasteiger partial charge in [-0.05, 0) is 237 Å². The normalized spacial score (nSPS) is 13.8. The first-order chi connectivity index (χ1) is 68.2. The van der Waals surface area contributed by atoms with Crippen LogP contribution in [0.3, 0.4) is 0 Å². The summed E-state index contributed by atoms with van der Waals surface area (Å²) in [7, 11) is 2.78.